The molecule has 348 valence electrons. The van der Waals surface area contributed by atoms with Crippen LogP contribution >= 0.6 is 0 Å². The number of sulfonamides is 1. The van der Waals surface area contributed by atoms with E-state index in [4.69, 9.17) is 15.2 Å². The van der Waals surface area contributed by atoms with Gasteiger partial charge in [-0.1, -0.05) is 31.2 Å². The number of esters is 1. The number of ether oxygens (including phenoxy) is 2. The molecule has 3 aromatic carbocycles. The third-order valence-electron chi connectivity index (χ3n) is 11.4. The Labute approximate surface area is 372 Å². The molecule has 0 spiro atoms. The Balaban J connectivity index is 1.12. The first-order valence-corrected chi connectivity index (χ1v) is 22.6. The molecule has 3 N–H and O–H groups in total. The van der Waals surface area contributed by atoms with E-state index in [0.717, 1.165) is 5.56 Å². The lowest BCUT2D eigenvalue weighted by Crippen LogP contribution is -2.51. The fraction of sp³-hybridized carbons (Fsp3) is 0.478. The van der Waals surface area contributed by atoms with Crippen LogP contribution in [0, 0.1) is 34.6 Å². The van der Waals surface area contributed by atoms with Crippen LogP contribution in [0.3, 0.4) is 0 Å². The van der Waals surface area contributed by atoms with Crippen LogP contribution in [0.25, 0.3) is 17.2 Å². The zero-order valence-electron chi connectivity index (χ0n) is 37.1. The van der Waals surface area contributed by atoms with Gasteiger partial charge in [0.2, 0.25) is 39.2 Å². The Hall–Kier alpha value is -5.17. The predicted octanol–water partition coefficient (Wildman–Crippen LogP) is 6.98. The monoisotopic (exact) mass is 915 g/mol. The third-order valence-corrected chi connectivity index (χ3v) is 13.2. The fourth-order valence-electron chi connectivity index (χ4n) is 7.17. The van der Waals surface area contributed by atoms with Crippen LogP contribution in [-0.2, 0) is 29.1 Å². The topological polar surface area (TPSA) is 172 Å². The summed E-state index contributed by atoms with van der Waals surface area (Å²) in [7, 11) is -2.04. The average Bonchev–Trinajstić information content (AvgIpc) is 3.39. The van der Waals surface area contributed by atoms with Gasteiger partial charge in [0, 0.05) is 88.9 Å². The average molecular weight is 916 g/mol. The number of carbonyl (C=O) groups excluding carboxylic acids is 3. The number of nitrogens with zero attached hydrogens (tertiary/aromatic N) is 4. The van der Waals surface area contributed by atoms with E-state index in [2.05, 4.69) is 4.99 Å². The second-order valence-electron chi connectivity index (χ2n) is 17.5. The van der Waals surface area contributed by atoms with Crippen molar-refractivity contribution in [2.75, 3.05) is 53.0 Å². The summed E-state index contributed by atoms with van der Waals surface area (Å²) in [5.74, 6) is -9.78. The van der Waals surface area contributed by atoms with Crippen molar-refractivity contribution in [2.45, 2.75) is 83.6 Å². The lowest BCUT2D eigenvalue weighted by Gasteiger charge is -2.36. The number of aliphatic imine (C=N–C) groups is 1. The molecule has 0 radical (unpaired) electrons. The van der Waals surface area contributed by atoms with Crippen molar-refractivity contribution in [3.63, 3.8) is 0 Å². The summed E-state index contributed by atoms with van der Waals surface area (Å²) in [5.41, 5.74) is 7.25. The number of nitrogens with two attached hydrogens (primary N) is 1. The Morgan fingerprint density at radius 3 is 2.27 bits per heavy atom. The largest absolute Gasteiger partial charge is 0.420 e. The normalized spacial score (nSPS) is 14.8. The molecule has 2 amide bonds. The van der Waals surface area contributed by atoms with E-state index in [9.17, 15) is 45.5 Å². The summed E-state index contributed by atoms with van der Waals surface area (Å²) >= 11 is 0. The fourth-order valence-corrected chi connectivity index (χ4v) is 8.80. The highest BCUT2D eigenvalue weighted by molar-refractivity contribution is 7.89. The van der Waals surface area contributed by atoms with Crippen molar-refractivity contribution in [1.29, 1.82) is 0 Å². The highest BCUT2D eigenvalue weighted by atomic mass is 32.2. The molecule has 0 saturated carbocycles. The summed E-state index contributed by atoms with van der Waals surface area (Å²) in [6.45, 7) is 10.1. The first-order valence-electron chi connectivity index (χ1n) is 21.2. The van der Waals surface area contributed by atoms with E-state index in [1.54, 1.807) is 55.0 Å². The van der Waals surface area contributed by atoms with Gasteiger partial charge in [-0.05, 0) is 88.8 Å². The van der Waals surface area contributed by atoms with E-state index in [0.29, 0.717) is 61.3 Å². The zero-order chi connectivity index (χ0) is 47.1. The van der Waals surface area contributed by atoms with Crippen molar-refractivity contribution >= 4 is 45.4 Å². The second-order valence-corrected chi connectivity index (χ2v) is 19.4. The standard InChI is InChI=1S/C46H57F4N5O8S/c1-7-17-54(19-9-18-53(6)39(57)14-15-46(4,5)62-20-16-45(2,3)44(59)63-42-40(49)35(47)25-36(48)41(42)50)43(58)33-21-32-13-12-31(23-37(32)52-38(51)24-33)30-10-8-11-34(22-30)64(60,61)55-26-29(27-55)28-56/h8,10-13,21-23,25,29,56H,7,9,14-20,24,26-28H2,1-6H3,(H2,51,52). The molecule has 5 rings (SSSR count). The molecule has 0 aliphatic carbocycles. The molecule has 0 aromatic heterocycles. The number of aliphatic hydroxyl groups is 1. The zero-order valence-corrected chi connectivity index (χ0v) is 37.9. The van der Waals surface area contributed by atoms with Crippen LogP contribution in [0.15, 0.2) is 64.0 Å². The van der Waals surface area contributed by atoms with Crippen molar-refractivity contribution in [3.8, 4) is 16.9 Å². The van der Waals surface area contributed by atoms with E-state index in [1.165, 1.54) is 18.2 Å². The van der Waals surface area contributed by atoms with Crippen LogP contribution in [-0.4, -0.2) is 110 Å². The molecular weight excluding hydrogens is 859 g/mol. The molecule has 0 unspecified atom stereocenters. The first kappa shape index (κ1) is 49.8. The van der Waals surface area contributed by atoms with Crippen molar-refractivity contribution in [1.82, 2.24) is 14.1 Å². The number of benzene rings is 3. The van der Waals surface area contributed by atoms with Crippen molar-refractivity contribution in [3.05, 3.63) is 82.9 Å². The van der Waals surface area contributed by atoms with Crippen LogP contribution in [0.2, 0.25) is 0 Å². The van der Waals surface area contributed by atoms with Crippen LogP contribution < -0.4 is 10.5 Å². The maximum atomic E-state index is 14.1. The van der Waals surface area contributed by atoms with Gasteiger partial charge in [0.1, 0.15) is 5.84 Å². The number of carbonyl (C=O) groups is 3. The minimum atomic E-state index is -3.72. The van der Waals surface area contributed by atoms with Crippen molar-refractivity contribution in [2.24, 2.45) is 22.1 Å². The number of rotatable bonds is 20. The van der Waals surface area contributed by atoms with E-state index < -0.39 is 56.0 Å². The number of fused-ring (bicyclic) bond motifs is 1. The molecule has 64 heavy (non-hydrogen) atoms. The van der Waals surface area contributed by atoms with Crippen LogP contribution in [0.1, 0.15) is 78.7 Å². The molecular formula is C46H57F4N5O8S. The Kier molecular flexibility index (Phi) is 16.2. The number of aliphatic hydroxyl groups excluding tert-OH is 1. The first-order chi connectivity index (χ1) is 30.1. The van der Waals surface area contributed by atoms with Gasteiger partial charge in [0.15, 0.2) is 11.6 Å². The molecule has 13 nitrogen and oxygen atoms in total. The van der Waals surface area contributed by atoms with Crippen molar-refractivity contribution < 1.29 is 54.9 Å². The van der Waals surface area contributed by atoms with Gasteiger partial charge in [-0.2, -0.15) is 13.1 Å². The highest BCUT2D eigenvalue weighted by Gasteiger charge is 2.37. The minimum Gasteiger partial charge on any atom is -0.420 e. The molecule has 0 atom stereocenters. The SMILES string of the molecule is CCCN(CCCN(C)C(=O)CCC(C)(C)OCCC(C)(C)C(=O)Oc1c(F)c(F)cc(F)c1F)C(=O)C1=Cc2ccc(-c3cccc(S(=O)(=O)N4CC(CO)C4)c3)cc2N=C(N)C1. The lowest BCUT2D eigenvalue weighted by molar-refractivity contribution is -0.146. The third kappa shape index (κ3) is 12.1. The molecule has 3 aromatic rings. The number of amidine groups is 1. The Bertz CT molecular complexity index is 2380. The van der Waals surface area contributed by atoms with Crippen LogP contribution in [0.5, 0.6) is 5.75 Å². The molecule has 1 saturated heterocycles. The maximum absolute atomic E-state index is 14.1. The minimum absolute atomic E-state index is 0.000739. The number of hydrogen-bond acceptors (Lipinski definition) is 10. The Morgan fingerprint density at radius 2 is 1.61 bits per heavy atom. The number of hydrogen-bond donors (Lipinski definition) is 2. The van der Waals surface area contributed by atoms with Gasteiger partial charge in [0.25, 0.3) is 0 Å². The summed E-state index contributed by atoms with van der Waals surface area (Å²) < 4.78 is 93.8. The molecule has 1 fully saturated rings. The van der Waals surface area contributed by atoms with E-state index in [1.807, 2.05) is 31.2 Å². The van der Waals surface area contributed by atoms with Gasteiger partial charge in [-0.25, -0.2) is 22.2 Å². The van der Waals surface area contributed by atoms with Gasteiger partial charge in [-0.15, -0.1) is 0 Å². The number of halogens is 4. The summed E-state index contributed by atoms with van der Waals surface area (Å²) in [4.78, 5) is 47.9. The van der Waals surface area contributed by atoms with E-state index >= 15 is 0 Å². The maximum Gasteiger partial charge on any atom is 0.317 e. The van der Waals surface area contributed by atoms with Gasteiger partial charge < -0.3 is 30.1 Å². The van der Waals surface area contributed by atoms with Gasteiger partial charge in [-0.3, -0.25) is 14.4 Å². The molecule has 0 bridgehead atoms. The molecule has 2 heterocycles. The summed E-state index contributed by atoms with van der Waals surface area (Å²) in [5, 5.41) is 9.34. The van der Waals surface area contributed by atoms with Gasteiger partial charge in [0.05, 0.1) is 21.6 Å². The molecule has 18 heteroatoms. The summed E-state index contributed by atoms with van der Waals surface area (Å²) in [6, 6.07) is 12.1. The molecule has 2 aliphatic rings. The predicted molar refractivity (Wildman–Crippen MR) is 234 cm³/mol. The highest BCUT2D eigenvalue weighted by Crippen LogP contribution is 2.35. The Morgan fingerprint density at radius 1 is 0.938 bits per heavy atom. The lowest BCUT2D eigenvalue weighted by atomic mass is 9.89. The molecule has 2 aliphatic heterocycles. The van der Waals surface area contributed by atoms with Gasteiger partial charge >= 0.3 is 5.97 Å². The summed E-state index contributed by atoms with van der Waals surface area (Å²) in [6.07, 6.45) is 3.58. The smallest absolute Gasteiger partial charge is 0.317 e. The van der Waals surface area contributed by atoms with E-state index in [-0.39, 0.29) is 80.1 Å². The second kappa shape index (κ2) is 20.8. The number of amides is 2. The van der Waals surface area contributed by atoms with Crippen LogP contribution in [0.4, 0.5) is 23.2 Å². The quantitative estimate of drug-likeness (QED) is 0.0525.